The Kier molecular flexibility index (Phi) is 12.2. The Morgan fingerprint density at radius 1 is 0.895 bits per heavy atom. The van der Waals surface area contributed by atoms with Crippen molar-refractivity contribution in [3.63, 3.8) is 0 Å². The van der Waals surface area contributed by atoms with Crippen LogP contribution in [0.2, 0.25) is 0 Å². The molecule has 0 spiro atoms. The highest BCUT2D eigenvalue weighted by atomic mass is 16.5. The largest absolute Gasteiger partial charge is 0.465 e. The predicted octanol–water partition coefficient (Wildman–Crippen LogP) is 5.35. The number of unbranched alkanes of at least 4 members (excludes halogenated alkanes) is 6. The van der Waals surface area contributed by atoms with Crippen molar-refractivity contribution in [1.82, 2.24) is 0 Å². The van der Waals surface area contributed by atoms with Crippen LogP contribution in [0.5, 0.6) is 0 Å². The normalized spacial score (nSPS) is 12.7. The van der Waals surface area contributed by atoms with E-state index < -0.39 is 0 Å². The van der Waals surface area contributed by atoms with Gasteiger partial charge in [-0.15, -0.1) is 0 Å². The van der Waals surface area contributed by atoms with Crippen molar-refractivity contribution in [3.8, 4) is 0 Å². The topological polar surface area (TPSA) is 26.3 Å². The number of rotatable bonds is 12. The van der Waals surface area contributed by atoms with Crippen molar-refractivity contribution in [2.75, 3.05) is 6.61 Å². The highest BCUT2D eigenvalue weighted by Crippen LogP contribution is 2.21. The number of carbonyl (C=O) groups excluding carboxylic acids is 1. The van der Waals surface area contributed by atoms with Crippen LogP contribution in [0.4, 0.5) is 0 Å². The molecule has 114 valence electrons. The van der Waals surface area contributed by atoms with Gasteiger partial charge in [-0.1, -0.05) is 72.6 Å². The molecule has 0 saturated heterocycles. The quantitative estimate of drug-likeness (QED) is 0.353. The van der Waals surface area contributed by atoms with Crippen molar-refractivity contribution in [1.29, 1.82) is 0 Å². The Bertz CT molecular complexity index is 211. The molecule has 0 aromatic carbocycles. The molecule has 0 heterocycles. The third-order valence-corrected chi connectivity index (χ3v) is 3.72. The molecule has 0 bridgehead atoms. The van der Waals surface area contributed by atoms with Gasteiger partial charge in [0.15, 0.2) is 0 Å². The van der Waals surface area contributed by atoms with E-state index in [1.165, 1.54) is 32.1 Å². The molecular weight excluding hydrogens is 236 g/mol. The fourth-order valence-electron chi connectivity index (χ4n) is 2.29. The first-order chi connectivity index (χ1) is 9.13. The fourth-order valence-corrected chi connectivity index (χ4v) is 2.29. The Morgan fingerprint density at radius 3 is 2.05 bits per heavy atom. The lowest BCUT2D eigenvalue weighted by Gasteiger charge is -2.19. The van der Waals surface area contributed by atoms with Gasteiger partial charge < -0.3 is 4.74 Å². The monoisotopic (exact) mass is 270 g/mol. The van der Waals surface area contributed by atoms with Gasteiger partial charge in [0.25, 0.3) is 0 Å². The molecule has 2 heteroatoms. The maximum atomic E-state index is 12.0. The molecule has 0 saturated carbocycles. The van der Waals surface area contributed by atoms with E-state index in [2.05, 4.69) is 27.7 Å². The summed E-state index contributed by atoms with van der Waals surface area (Å²) in [6, 6.07) is 0. The average Bonchev–Trinajstić information content (AvgIpc) is 2.37. The minimum absolute atomic E-state index is 0.0250. The van der Waals surface area contributed by atoms with Gasteiger partial charge in [0.2, 0.25) is 0 Å². The molecular formula is C17H34O2. The van der Waals surface area contributed by atoms with Crippen LogP contribution in [0.1, 0.15) is 85.5 Å². The van der Waals surface area contributed by atoms with Crippen LogP contribution in [0.25, 0.3) is 0 Å². The van der Waals surface area contributed by atoms with E-state index in [0.717, 1.165) is 25.7 Å². The molecule has 0 aliphatic carbocycles. The number of hydrogen-bond donors (Lipinski definition) is 0. The molecule has 0 rings (SSSR count). The Hall–Kier alpha value is -0.530. The van der Waals surface area contributed by atoms with Crippen molar-refractivity contribution >= 4 is 5.97 Å². The summed E-state index contributed by atoms with van der Waals surface area (Å²) in [5.74, 6) is 0.518. The first-order valence-corrected chi connectivity index (χ1v) is 8.30. The second kappa shape index (κ2) is 12.5. The predicted molar refractivity (Wildman–Crippen MR) is 82.2 cm³/mol. The second-order valence-electron chi connectivity index (χ2n) is 5.93. The van der Waals surface area contributed by atoms with Crippen molar-refractivity contribution < 1.29 is 9.53 Å². The van der Waals surface area contributed by atoms with E-state index in [1.807, 2.05) is 0 Å². The van der Waals surface area contributed by atoms with Gasteiger partial charge in [-0.2, -0.15) is 0 Å². The van der Waals surface area contributed by atoms with Gasteiger partial charge in [-0.3, -0.25) is 4.79 Å². The highest BCUT2D eigenvalue weighted by Gasteiger charge is 2.22. The summed E-state index contributed by atoms with van der Waals surface area (Å²) in [4.78, 5) is 12.0. The Labute approximate surface area is 120 Å². The summed E-state index contributed by atoms with van der Waals surface area (Å²) in [6.07, 6.45) is 10.7. The molecule has 0 aromatic rings. The summed E-state index contributed by atoms with van der Waals surface area (Å²) in [5, 5.41) is 0. The van der Waals surface area contributed by atoms with Gasteiger partial charge in [-0.25, -0.2) is 0 Å². The van der Waals surface area contributed by atoms with E-state index >= 15 is 0 Å². The molecule has 19 heavy (non-hydrogen) atoms. The number of hydrogen-bond acceptors (Lipinski definition) is 2. The highest BCUT2D eigenvalue weighted by molar-refractivity contribution is 5.72. The third kappa shape index (κ3) is 9.98. The minimum atomic E-state index is 0.0250. The summed E-state index contributed by atoms with van der Waals surface area (Å²) in [6.45, 7) is 9.20. The molecule has 0 fully saturated rings. The van der Waals surface area contributed by atoms with Crippen molar-refractivity contribution in [2.45, 2.75) is 85.5 Å². The van der Waals surface area contributed by atoms with Crippen molar-refractivity contribution in [2.24, 2.45) is 11.8 Å². The molecule has 0 aliphatic heterocycles. The van der Waals surface area contributed by atoms with E-state index in [4.69, 9.17) is 4.74 Å². The van der Waals surface area contributed by atoms with E-state index in [1.54, 1.807) is 0 Å². The van der Waals surface area contributed by atoms with Crippen LogP contribution < -0.4 is 0 Å². The molecule has 2 nitrogen and oxygen atoms in total. The minimum Gasteiger partial charge on any atom is -0.465 e. The third-order valence-electron chi connectivity index (χ3n) is 3.72. The first-order valence-electron chi connectivity index (χ1n) is 8.30. The van der Waals surface area contributed by atoms with Crippen LogP contribution in [-0.4, -0.2) is 12.6 Å². The molecule has 0 aliphatic rings. The second-order valence-corrected chi connectivity index (χ2v) is 5.93. The number of ether oxygens (including phenoxy) is 1. The molecule has 0 aromatic heterocycles. The van der Waals surface area contributed by atoms with Gasteiger partial charge in [0.1, 0.15) is 0 Å². The molecule has 1 unspecified atom stereocenters. The standard InChI is InChI=1S/C17H34O2/c1-5-7-9-10-11-12-13-16(15(3)4)17(18)19-14-8-6-2/h15-16H,5-14H2,1-4H3. The SMILES string of the molecule is CCCCCCCCC(C(=O)OCCCC)C(C)C. The van der Waals surface area contributed by atoms with Gasteiger partial charge in [-0.05, 0) is 18.8 Å². The summed E-state index contributed by atoms with van der Waals surface area (Å²) >= 11 is 0. The summed E-state index contributed by atoms with van der Waals surface area (Å²) in [5.41, 5.74) is 0. The van der Waals surface area contributed by atoms with Crippen LogP contribution in [0.3, 0.4) is 0 Å². The lowest BCUT2D eigenvalue weighted by atomic mass is 9.90. The lowest BCUT2D eigenvalue weighted by molar-refractivity contribution is -0.150. The molecule has 0 radical (unpaired) electrons. The van der Waals surface area contributed by atoms with Crippen molar-refractivity contribution in [3.05, 3.63) is 0 Å². The van der Waals surface area contributed by atoms with Gasteiger partial charge in [0.05, 0.1) is 12.5 Å². The number of carbonyl (C=O) groups is 1. The van der Waals surface area contributed by atoms with Crippen LogP contribution in [-0.2, 0) is 9.53 Å². The summed E-state index contributed by atoms with van der Waals surface area (Å²) < 4.78 is 5.36. The smallest absolute Gasteiger partial charge is 0.309 e. The molecule has 0 amide bonds. The van der Waals surface area contributed by atoms with E-state index in [-0.39, 0.29) is 11.9 Å². The maximum Gasteiger partial charge on any atom is 0.309 e. The lowest BCUT2D eigenvalue weighted by Crippen LogP contribution is -2.23. The van der Waals surface area contributed by atoms with Crippen LogP contribution in [0.15, 0.2) is 0 Å². The Balaban J connectivity index is 3.82. The number of esters is 1. The maximum absolute atomic E-state index is 12.0. The molecule has 1 atom stereocenters. The van der Waals surface area contributed by atoms with E-state index in [0.29, 0.717) is 12.5 Å². The Morgan fingerprint density at radius 2 is 1.47 bits per heavy atom. The average molecular weight is 270 g/mol. The summed E-state index contributed by atoms with van der Waals surface area (Å²) in [7, 11) is 0. The zero-order chi connectivity index (χ0) is 14.5. The molecule has 0 N–H and O–H groups in total. The van der Waals surface area contributed by atoms with Crippen LogP contribution in [0, 0.1) is 11.8 Å². The first kappa shape index (κ1) is 18.5. The van der Waals surface area contributed by atoms with Crippen LogP contribution >= 0.6 is 0 Å². The zero-order valence-corrected chi connectivity index (χ0v) is 13.5. The zero-order valence-electron chi connectivity index (χ0n) is 13.5. The van der Waals surface area contributed by atoms with E-state index in [9.17, 15) is 4.79 Å². The fraction of sp³-hybridized carbons (Fsp3) is 0.941. The van der Waals surface area contributed by atoms with Gasteiger partial charge in [0, 0.05) is 0 Å². The van der Waals surface area contributed by atoms with Gasteiger partial charge >= 0.3 is 5.97 Å².